The van der Waals surface area contributed by atoms with Gasteiger partial charge >= 0.3 is 0 Å². The minimum absolute atomic E-state index is 0.127. The molecule has 1 aromatic rings. The van der Waals surface area contributed by atoms with E-state index in [1.165, 1.54) is 0 Å². The van der Waals surface area contributed by atoms with Crippen molar-refractivity contribution in [1.82, 2.24) is 9.21 Å². The quantitative estimate of drug-likeness (QED) is 0.848. The zero-order chi connectivity index (χ0) is 14.3. The first-order chi connectivity index (χ1) is 9.47. The molecular formula is C15H22N2O2S. The SMILES string of the molecule is CC(C)N1CC2CC(C1)N2S(=O)(=O)Cc1ccccc1. The maximum Gasteiger partial charge on any atom is 0.218 e. The molecule has 1 aromatic carbocycles. The monoisotopic (exact) mass is 294 g/mol. The Morgan fingerprint density at radius 1 is 1.15 bits per heavy atom. The van der Waals surface area contributed by atoms with Crippen LogP contribution >= 0.6 is 0 Å². The first kappa shape index (κ1) is 14.0. The Kier molecular flexibility index (Phi) is 3.60. The zero-order valence-electron chi connectivity index (χ0n) is 12.1. The molecule has 0 N–H and O–H groups in total. The van der Waals surface area contributed by atoms with E-state index < -0.39 is 10.0 Å². The summed E-state index contributed by atoms with van der Waals surface area (Å²) in [6.45, 7) is 6.10. The molecule has 0 aromatic heterocycles. The van der Waals surface area contributed by atoms with Crippen LogP contribution in [0.15, 0.2) is 30.3 Å². The summed E-state index contributed by atoms with van der Waals surface area (Å²) in [5.41, 5.74) is 0.873. The zero-order valence-corrected chi connectivity index (χ0v) is 12.9. The molecule has 2 bridgehead atoms. The van der Waals surface area contributed by atoms with Gasteiger partial charge in [0.05, 0.1) is 5.75 Å². The van der Waals surface area contributed by atoms with E-state index in [2.05, 4.69) is 18.7 Å². The van der Waals surface area contributed by atoms with Gasteiger partial charge in [-0.05, 0) is 25.8 Å². The van der Waals surface area contributed by atoms with E-state index in [1.54, 1.807) is 4.31 Å². The second-order valence-electron chi connectivity index (χ2n) is 6.16. The fourth-order valence-corrected chi connectivity index (χ4v) is 5.32. The molecule has 3 saturated heterocycles. The van der Waals surface area contributed by atoms with Crippen LogP contribution < -0.4 is 0 Å². The van der Waals surface area contributed by atoms with Gasteiger partial charge in [0.1, 0.15) is 0 Å². The number of nitrogens with zero attached hydrogens (tertiary/aromatic N) is 2. The molecular weight excluding hydrogens is 272 g/mol. The lowest BCUT2D eigenvalue weighted by molar-refractivity contribution is -0.0201. The third-order valence-electron chi connectivity index (χ3n) is 4.40. The number of sulfonamides is 1. The largest absolute Gasteiger partial charge is 0.298 e. The summed E-state index contributed by atoms with van der Waals surface area (Å²) in [4.78, 5) is 2.38. The van der Waals surface area contributed by atoms with Gasteiger partial charge in [0.15, 0.2) is 0 Å². The highest BCUT2D eigenvalue weighted by atomic mass is 32.2. The van der Waals surface area contributed by atoms with Crippen molar-refractivity contribution in [3.63, 3.8) is 0 Å². The summed E-state index contributed by atoms with van der Waals surface area (Å²) in [7, 11) is -3.18. The first-order valence-electron chi connectivity index (χ1n) is 7.26. The van der Waals surface area contributed by atoms with E-state index in [4.69, 9.17) is 0 Å². The molecule has 4 nitrogen and oxygen atoms in total. The van der Waals surface area contributed by atoms with Crippen LogP contribution in [0, 0.1) is 0 Å². The van der Waals surface area contributed by atoms with E-state index in [0.29, 0.717) is 6.04 Å². The highest BCUT2D eigenvalue weighted by Crippen LogP contribution is 2.36. The second-order valence-corrected chi connectivity index (χ2v) is 8.04. The average Bonchev–Trinajstić information content (AvgIpc) is 2.38. The van der Waals surface area contributed by atoms with Gasteiger partial charge in [0.2, 0.25) is 10.0 Å². The standard InChI is InChI=1S/C15H22N2O2S/c1-12(2)16-9-14-8-15(10-16)17(14)20(18,19)11-13-6-4-3-5-7-13/h3-7,12,14-15H,8-11H2,1-2H3. The Morgan fingerprint density at radius 2 is 1.75 bits per heavy atom. The van der Waals surface area contributed by atoms with Gasteiger partial charge in [-0.3, -0.25) is 4.90 Å². The van der Waals surface area contributed by atoms with Crippen LogP contribution in [0.4, 0.5) is 0 Å². The Bertz CT molecular complexity index is 559. The Morgan fingerprint density at radius 3 is 2.30 bits per heavy atom. The van der Waals surface area contributed by atoms with Crippen molar-refractivity contribution in [1.29, 1.82) is 0 Å². The Hall–Kier alpha value is -0.910. The van der Waals surface area contributed by atoms with Crippen LogP contribution in [0.25, 0.3) is 0 Å². The molecule has 2 unspecified atom stereocenters. The first-order valence-corrected chi connectivity index (χ1v) is 8.87. The van der Waals surface area contributed by atoms with Gasteiger partial charge in [-0.15, -0.1) is 0 Å². The summed E-state index contributed by atoms with van der Waals surface area (Å²) in [6.07, 6.45) is 1.03. The highest BCUT2D eigenvalue weighted by molar-refractivity contribution is 7.88. The van der Waals surface area contributed by atoms with Crippen LogP contribution in [0.5, 0.6) is 0 Å². The van der Waals surface area contributed by atoms with Crippen molar-refractivity contribution in [2.75, 3.05) is 13.1 Å². The van der Waals surface area contributed by atoms with Gasteiger partial charge in [0.25, 0.3) is 0 Å². The van der Waals surface area contributed by atoms with Crippen molar-refractivity contribution >= 4 is 10.0 Å². The maximum atomic E-state index is 12.6. The van der Waals surface area contributed by atoms with Crippen LogP contribution in [-0.2, 0) is 15.8 Å². The Labute approximate surface area is 121 Å². The minimum atomic E-state index is -3.18. The highest BCUT2D eigenvalue weighted by Gasteiger charge is 2.50. The number of benzene rings is 1. The van der Waals surface area contributed by atoms with Gasteiger partial charge in [-0.2, -0.15) is 4.31 Å². The van der Waals surface area contributed by atoms with Gasteiger partial charge in [-0.25, -0.2) is 8.42 Å². The van der Waals surface area contributed by atoms with Crippen molar-refractivity contribution in [2.24, 2.45) is 0 Å². The number of piperazine rings is 1. The molecule has 110 valence electrons. The lowest BCUT2D eigenvalue weighted by Crippen LogP contribution is -2.70. The van der Waals surface area contributed by atoms with E-state index in [1.807, 2.05) is 30.3 Å². The molecule has 2 atom stereocenters. The van der Waals surface area contributed by atoms with Crippen LogP contribution in [0.1, 0.15) is 25.8 Å². The van der Waals surface area contributed by atoms with E-state index in [9.17, 15) is 8.42 Å². The molecule has 3 aliphatic heterocycles. The lowest BCUT2D eigenvalue weighted by Gasteiger charge is -2.56. The van der Waals surface area contributed by atoms with Crippen molar-refractivity contribution in [3.8, 4) is 0 Å². The molecule has 0 amide bonds. The van der Waals surface area contributed by atoms with E-state index in [-0.39, 0.29) is 17.8 Å². The third-order valence-corrected chi connectivity index (χ3v) is 6.33. The lowest BCUT2D eigenvalue weighted by atomic mass is 9.90. The Balaban J connectivity index is 1.72. The van der Waals surface area contributed by atoms with Gasteiger partial charge < -0.3 is 0 Å². The number of piperidine rings is 1. The number of hydrogen-bond acceptors (Lipinski definition) is 3. The molecule has 3 aliphatic rings. The molecule has 0 aliphatic carbocycles. The summed E-state index contributed by atoms with van der Waals surface area (Å²) in [6, 6.07) is 10.3. The fraction of sp³-hybridized carbons (Fsp3) is 0.600. The predicted octanol–water partition coefficient (Wildman–Crippen LogP) is 1.68. The molecule has 0 radical (unpaired) electrons. The summed E-state index contributed by atoms with van der Waals surface area (Å²) in [5.74, 6) is 0.127. The van der Waals surface area contributed by atoms with Crippen LogP contribution in [-0.4, -0.2) is 48.8 Å². The van der Waals surface area contributed by atoms with Gasteiger partial charge in [0, 0.05) is 31.2 Å². The summed E-state index contributed by atoms with van der Waals surface area (Å²) >= 11 is 0. The molecule has 20 heavy (non-hydrogen) atoms. The topological polar surface area (TPSA) is 40.6 Å². The van der Waals surface area contributed by atoms with Crippen molar-refractivity contribution in [3.05, 3.63) is 35.9 Å². The fourth-order valence-electron chi connectivity index (χ4n) is 3.34. The van der Waals surface area contributed by atoms with Crippen molar-refractivity contribution in [2.45, 2.75) is 44.1 Å². The summed E-state index contributed by atoms with van der Waals surface area (Å²) < 4.78 is 26.9. The van der Waals surface area contributed by atoms with Crippen LogP contribution in [0.3, 0.4) is 0 Å². The smallest absolute Gasteiger partial charge is 0.218 e. The van der Waals surface area contributed by atoms with E-state index in [0.717, 1.165) is 25.1 Å². The molecule has 3 fully saturated rings. The summed E-state index contributed by atoms with van der Waals surface area (Å²) in [5, 5.41) is 0. The van der Waals surface area contributed by atoms with Crippen molar-refractivity contribution < 1.29 is 8.42 Å². The van der Waals surface area contributed by atoms with E-state index >= 15 is 0 Å². The number of rotatable bonds is 4. The molecule has 0 spiro atoms. The average molecular weight is 294 g/mol. The normalized spacial score (nSPS) is 27.6. The number of hydrogen-bond donors (Lipinski definition) is 0. The molecule has 3 heterocycles. The minimum Gasteiger partial charge on any atom is -0.298 e. The predicted molar refractivity (Wildman–Crippen MR) is 79.8 cm³/mol. The van der Waals surface area contributed by atoms with Gasteiger partial charge in [-0.1, -0.05) is 30.3 Å². The third kappa shape index (κ3) is 2.50. The second kappa shape index (κ2) is 5.13. The number of fused-ring (bicyclic) bond motifs is 2. The molecule has 5 heteroatoms. The molecule has 0 saturated carbocycles. The van der Waals surface area contributed by atoms with Crippen LogP contribution in [0.2, 0.25) is 0 Å². The maximum absolute atomic E-state index is 12.6. The molecule has 4 rings (SSSR count).